The van der Waals surface area contributed by atoms with E-state index in [4.69, 9.17) is 0 Å². The number of aromatic hydroxyl groups is 1. The third-order valence-electron chi connectivity index (χ3n) is 4.22. The molecule has 2 N–H and O–H groups in total. The molecule has 1 amide bonds. The minimum absolute atomic E-state index is 0.116. The number of thioether (sulfide) groups is 2. The van der Waals surface area contributed by atoms with Crippen molar-refractivity contribution >= 4 is 46.4 Å². The molecule has 8 heteroatoms. The number of hydrazone groups is 1. The van der Waals surface area contributed by atoms with Gasteiger partial charge in [-0.1, -0.05) is 67.2 Å². The number of hydrogen-bond acceptors (Lipinski definition) is 7. The van der Waals surface area contributed by atoms with Crippen molar-refractivity contribution in [2.75, 3.05) is 11.5 Å². The van der Waals surface area contributed by atoms with Gasteiger partial charge >= 0.3 is 0 Å². The van der Waals surface area contributed by atoms with Gasteiger partial charge in [0.05, 0.1) is 12.0 Å². The van der Waals surface area contributed by atoms with E-state index in [1.807, 2.05) is 43.3 Å². The maximum absolute atomic E-state index is 12.2. The standard InChI is InChI=1S/C22H24N4O2S2/c1-3-4-11-29-22-24-15(2)12-21(25-22)30-14-20(28)26-23-13-18-17-8-6-5-7-16(17)9-10-19(18)27/h5-10,12-13,27H,3-4,11,14H2,1-2H3,(H,26,28)/b23-13+. The average molecular weight is 441 g/mol. The first-order valence-corrected chi connectivity index (χ1v) is 11.7. The van der Waals surface area contributed by atoms with Gasteiger partial charge in [-0.05, 0) is 36.2 Å². The number of hydrogen-bond donors (Lipinski definition) is 2. The zero-order valence-corrected chi connectivity index (χ0v) is 18.6. The highest BCUT2D eigenvalue weighted by atomic mass is 32.2. The van der Waals surface area contributed by atoms with Gasteiger partial charge in [0.15, 0.2) is 5.16 Å². The van der Waals surface area contributed by atoms with Crippen LogP contribution in [0.4, 0.5) is 0 Å². The molecule has 156 valence electrons. The number of phenolic OH excluding ortho intramolecular Hbond substituents is 1. The van der Waals surface area contributed by atoms with E-state index < -0.39 is 0 Å². The molecule has 0 unspecified atom stereocenters. The Bertz CT molecular complexity index is 1060. The highest BCUT2D eigenvalue weighted by molar-refractivity contribution is 8.00. The molecule has 0 fully saturated rings. The molecular formula is C22H24N4O2S2. The number of benzene rings is 2. The summed E-state index contributed by atoms with van der Waals surface area (Å²) in [7, 11) is 0. The number of nitrogens with one attached hydrogen (secondary N) is 1. The van der Waals surface area contributed by atoms with E-state index in [1.165, 1.54) is 18.0 Å². The van der Waals surface area contributed by atoms with Crippen molar-refractivity contribution in [3.8, 4) is 5.75 Å². The summed E-state index contributed by atoms with van der Waals surface area (Å²) >= 11 is 2.99. The number of carbonyl (C=O) groups is 1. The Kier molecular flexibility index (Phi) is 8.10. The van der Waals surface area contributed by atoms with Crippen molar-refractivity contribution in [1.29, 1.82) is 0 Å². The van der Waals surface area contributed by atoms with E-state index in [9.17, 15) is 9.90 Å². The molecule has 0 radical (unpaired) electrons. The predicted octanol–water partition coefficient (Wildman–Crippen LogP) is 4.78. The Balaban J connectivity index is 1.58. The minimum atomic E-state index is -0.243. The molecule has 30 heavy (non-hydrogen) atoms. The van der Waals surface area contributed by atoms with Crippen molar-refractivity contribution in [3.63, 3.8) is 0 Å². The first-order chi connectivity index (χ1) is 14.6. The van der Waals surface area contributed by atoms with Crippen LogP contribution in [-0.2, 0) is 4.79 Å². The molecule has 3 rings (SSSR count). The highest BCUT2D eigenvalue weighted by Gasteiger charge is 2.08. The summed E-state index contributed by atoms with van der Waals surface area (Å²) in [5, 5.41) is 17.5. The fourth-order valence-electron chi connectivity index (χ4n) is 2.72. The molecule has 0 aliphatic carbocycles. The van der Waals surface area contributed by atoms with Gasteiger partial charge in [-0.2, -0.15) is 5.10 Å². The first-order valence-electron chi connectivity index (χ1n) is 9.70. The Morgan fingerprint density at radius 3 is 2.87 bits per heavy atom. The average Bonchev–Trinajstić information content (AvgIpc) is 2.74. The summed E-state index contributed by atoms with van der Waals surface area (Å²) in [6.07, 6.45) is 3.73. The maximum Gasteiger partial charge on any atom is 0.250 e. The number of phenols is 1. The summed E-state index contributed by atoms with van der Waals surface area (Å²) in [5.41, 5.74) is 3.97. The topological polar surface area (TPSA) is 87.5 Å². The molecule has 0 saturated carbocycles. The lowest BCUT2D eigenvalue weighted by Gasteiger charge is -2.06. The quantitative estimate of drug-likeness (QED) is 0.124. The first kappa shape index (κ1) is 22.1. The van der Waals surface area contributed by atoms with Crippen LogP contribution in [0.5, 0.6) is 5.75 Å². The molecule has 0 aliphatic heterocycles. The summed E-state index contributed by atoms with van der Waals surface area (Å²) in [4.78, 5) is 21.1. The van der Waals surface area contributed by atoms with Gasteiger partial charge in [0.25, 0.3) is 0 Å². The van der Waals surface area contributed by atoms with Crippen LogP contribution >= 0.6 is 23.5 Å². The number of aryl methyl sites for hydroxylation is 1. The lowest BCUT2D eigenvalue weighted by molar-refractivity contribution is -0.118. The molecule has 3 aromatic rings. The molecule has 0 saturated heterocycles. The summed E-state index contributed by atoms with van der Waals surface area (Å²) in [6, 6.07) is 13.0. The lowest BCUT2D eigenvalue weighted by Crippen LogP contribution is -2.19. The zero-order valence-electron chi connectivity index (χ0n) is 17.0. The second kappa shape index (κ2) is 11.0. The van der Waals surface area contributed by atoms with Crippen molar-refractivity contribution in [1.82, 2.24) is 15.4 Å². The SMILES string of the molecule is CCCCSc1nc(C)cc(SCC(=O)N/N=C/c2c(O)ccc3ccccc23)n1. The Morgan fingerprint density at radius 2 is 2.03 bits per heavy atom. The molecule has 6 nitrogen and oxygen atoms in total. The second-order valence-corrected chi connectivity index (χ2v) is 8.69. The van der Waals surface area contributed by atoms with Gasteiger partial charge in [-0.3, -0.25) is 4.79 Å². The van der Waals surface area contributed by atoms with Crippen LogP contribution in [0.3, 0.4) is 0 Å². The lowest BCUT2D eigenvalue weighted by atomic mass is 10.0. The Hall–Kier alpha value is -2.58. The van der Waals surface area contributed by atoms with E-state index in [0.717, 1.165) is 45.2 Å². The van der Waals surface area contributed by atoms with Gasteiger partial charge in [-0.15, -0.1) is 0 Å². The number of rotatable bonds is 9. The largest absolute Gasteiger partial charge is 0.507 e. The van der Waals surface area contributed by atoms with Gasteiger partial charge < -0.3 is 5.11 Å². The highest BCUT2D eigenvalue weighted by Crippen LogP contribution is 2.25. The molecular weight excluding hydrogens is 416 g/mol. The van der Waals surface area contributed by atoms with Crippen molar-refractivity contribution < 1.29 is 9.90 Å². The Morgan fingerprint density at radius 1 is 1.20 bits per heavy atom. The number of amides is 1. The molecule has 1 heterocycles. The van der Waals surface area contributed by atoms with Crippen LogP contribution in [0.25, 0.3) is 10.8 Å². The maximum atomic E-state index is 12.2. The van der Waals surface area contributed by atoms with Crippen LogP contribution in [0.15, 0.2) is 57.7 Å². The van der Waals surface area contributed by atoms with Crippen LogP contribution in [0.1, 0.15) is 31.0 Å². The van der Waals surface area contributed by atoms with E-state index in [0.29, 0.717) is 5.56 Å². The predicted molar refractivity (Wildman–Crippen MR) is 124 cm³/mol. The van der Waals surface area contributed by atoms with Gasteiger partial charge in [0.2, 0.25) is 5.91 Å². The van der Waals surface area contributed by atoms with Crippen LogP contribution < -0.4 is 5.43 Å². The number of nitrogens with zero attached hydrogens (tertiary/aromatic N) is 3. The number of carbonyl (C=O) groups excluding carboxylic acids is 1. The van der Waals surface area contributed by atoms with E-state index in [1.54, 1.807) is 17.8 Å². The van der Waals surface area contributed by atoms with Gasteiger partial charge in [0.1, 0.15) is 10.8 Å². The molecule has 0 aliphatic rings. The van der Waals surface area contributed by atoms with Crippen LogP contribution in [-0.4, -0.2) is 38.7 Å². The van der Waals surface area contributed by atoms with Gasteiger partial charge in [0, 0.05) is 17.0 Å². The molecule has 0 atom stereocenters. The number of aromatic nitrogens is 2. The van der Waals surface area contributed by atoms with Crippen molar-refractivity contribution in [2.24, 2.45) is 5.10 Å². The minimum Gasteiger partial charge on any atom is -0.507 e. The van der Waals surface area contributed by atoms with Gasteiger partial charge in [-0.25, -0.2) is 15.4 Å². The van der Waals surface area contributed by atoms with E-state index in [-0.39, 0.29) is 17.4 Å². The number of unbranched alkanes of at least 4 members (excludes halogenated alkanes) is 1. The third kappa shape index (κ3) is 6.21. The summed E-state index contributed by atoms with van der Waals surface area (Å²) in [5.74, 6) is 1.05. The molecule has 2 aromatic carbocycles. The smallest absolute Gasteiger partial charge is 0.250 e. The fraction of sp³-hybridized carbons (Fsp3) is 0.273. The van der Waals surface area contributed by atoms with E-state index in [2.05, 4.69) is 27.4 Å². The Labute approximate surface area is 184 Å². The fourth-order valence-corrected chi connectivity index (χ4v) is 4.51. The molecule has 1 aromatic heterocycles. The third-order valence-corrected chi connectivity index (χ3v) is 6.07. The second-order valence-electron chi connectivity index (χ2n) is 6.63. The summed E-state index contributed by atoms with van der Waals surface area (Å²) < 4.78 is 0. The van der Waals surface area contributed by atoms with Crippen LogP contribution in [0.2, 0.25) is 0 Å². The number of fused-ring (bicyclic) bond motifs is 1. The monoisotopic (exact) mass is 440 g/mol. The van der Waals surface area contributed by atoms with E-state index >= 15 is 0 Å². The van der Waals surface area contributed by atoms with Crippen molar-refractivity contribution in [3.05, 3.63) is 53.7 Å². The molecule has 0 bridgehead atoms. The van der Waals surface area contributed by atoms with Crippen LogP contribution in [0, 0.1) is 6.92 Å². The normalized spacial score (nSPS) is 11.3. The summed E-state index contributed by atoms with van der Waals surface area (Å²) in [6.45, 7) is 4.08. The van der Waals surface area contributed by atoms with Crippen molar-refractivity contribution in [2.45, 2.75) is 36.9 Å². The zero-order chi connectivity index (χ0) is 21.3. The molecule has 0 spiro atoms.